The third kappa shape index (κ3) is 10.7. The van der Waals surface area contributed by atoms with Crippen molar-refractivity contribution < 1.29 is 9.53 Å². The van der Waals surface area contributed by atoms with E-state index in [4.69, 9.17) is 4.74 Å². The third-order valence-electron chi connectivity index (χ3n) is 4.18. The highest BCUT2D eigenvalue weighted by Gasteiger charge is 2.01. The molecular formula is C22H34N2O2. The molecule has 0 atom stereocenters. The van der Waals surface area contributed by atoms with Crippen LogP contribution >= 0.6 is 0 Å². The van der Waals surface area contributed by atoms with E-state index in [0.717, 1.165) is 24.2 Å². The number of hydrogen-bond acceptors (Lipinski definition) is 3. The van der Waals surface area contributed by atoms with Crippen LogP contribution in [-0.2, 0) is 4.79 Å². The van der Waals surface area contributed by atoms with E-state index >= 15 is 0 Å². The molecule has 1 amide bonds. The van der Waals surface area contributed by atoms with Crippen molar-refractivity contribution in [3.05, 3.63) is 42.5 Å². The molecule has 0 aromatic heterocycles. The fourth-order valence-corrected chi connectivity index (χ4v) is 2.69. The number of benzene rings is 1. The van der Waals surface area contributed by atoms with Crippen molar-refractivity contribution in [3.8, 4) is 5.75 Å². The summed E-state index contributed by atoms with van der Waals surface area (Å²) in [6.45, 7) is 6.32. The number of carbonyl (C=O) groups excluding carboxylic acids is 1. The van der Waals surface area contributed by atoms with E-state index in [1.807, 2.05) is 24.3 Å². The van der Waals surface area contributed by atoms with Crippen LogP contribution in [0.1, 0.15) is 76.7 Å². The molecule has 1 N–H and O–H groups in total. The molecule has 0 aliphatic carbocycles. The molecule has 0 bridgehead atoms. The molecule has 144 valence electrons. The van der Waals surface area contributed by atoms with Gasteiger partial charge in [0.1, 0.15) is 12.4 Å². The fourth-order valence-electron chi connectivity index (χ4n) is 2.69. The summed E-state index contributed by atoms with van der Waals surface area (Å²) in [4.78, 5) is 11.8. The van der Waals surface area contributed by atoms with Gasteiger partial charge in [0.05, 0.1) is 6.21 Å². The third-order valence-corrected chi connectivity index (χ3v) is 4.18. The lowest BCUT2D eigenvalue weighted by atomic mass is 10.1. The molecular weight excluding hydrogens is 324 g/mol. The highest BCUT2D eigenvalue weighted by molar-refractivity contribution is 5.85. The van der Waals surface area contributed by atoms with Gasteiger partial charge in [0.15, 0.2) is 0 Å². The summed E-state index contributed by atoms with van der Waals surface area (Å²) in [7, 11) is 0. The highest BCUT2D eigenvalue weighted by Crippen LogP contribution is 2.15. The lowest BCUT2D eigenvalue weighted by Crippen LogP contribution is -2.17. The van der Waals surface area contributed by atoms with Gasteiger partial charge >= 0.3 is 0 Å². The Hall–Kier alpha value is -2.10. The van der Waals surface area contributed by atoms with E-state index in [1.54, 1.807) is 12.3 Å². The Kier molecular flexibility index (Phi) is 12.8. The van der Waals surface area contributed by atoms with Crippen molar-refractivity contribution in [2.75, 3.05) is 6.61 Å². The summed E-state index contributed by atoms with van der Waals surface area (Å²) < 4.78 is 5.56. The molecule has 0 saturated carbocycles. The maximum Gasteiger partial charge on any atom is 0.240 e. The zero-order chi connectivity index (χ0) is 18.9. The van der Waals surface area contributed by atoms with E-state index < -0.39 is 0 Å². The molecule has 1 aromatic carbocycles. The summed E-state index contributed by atoms with van der Waals surface area (Å²) in [6, 6.07) is 7.58. The number of ether oxygens (including phenoxy) is 1. The van der Waals surface area contributed by atoms with E-state index in [-0.39, 0.29) is 5.91 Å². The van der Waals surface area contributed by atoms with Crippen LogP contribution in [0.5, 0.6) is 5.75 Å². The van der Waals surface area contributed by atoms with Crippen LogP contribution < -0.4 is 10.2 Å². The molecule has 0 heterocycles. The molecule has 0 unspecified atom stereocenters. The number of amides is 1. The molecule has 0 radical (unpaired) electrons. The van der Waals surface area contributed by atoms with Crippen molar-refractivity contribution in [2.24, 2.45) is 5.10 Å². The van der Waals surface area contributed by atoms with E-state index in [9.17, 15) is 4.79 Å². The maximum absolute atomic E-state index is 11.8. The van der Waals surface area contributed by atoms with Crippen LogP contribution in [0.25, 0.3) is 0 Å². The molecule has 0 fully saturated rings. The summed E-state index contributed by atoms with van der Waals surface area (Å²) in [6.07, 6.45) is 15.1. The number of unbranched alkanes of at least 4 members (excludes halogenated alkanes) is 8. The zero-order valence-corrected chi connectivity index (χ0v) is 16.2. The molecule has 4 heteroatoms. The Morgan fingerprint density at radius 1 is 1.08 bits per heavy atom. The Morgan fingerprint density at radius 3 is 2.42 bits per heavy atom. The summed E-state index contributed by atoms with van der Waals surface area (Å²) >= 11 is 0. The molecule has 1 rings (SSSR count). The number of nitrogens with zero attached hydrogens (tertiary/aromatic N) is 1. The lowest BCUT2D eigenvalue weighted by molar-refractivity contribution is -0.121. The van der Waals surface area contributed by atoms with Crippen molar-refractivity contribution in [3.63, 3.8) is 0 Å². The van der Waals surface area contributed by atoms with E-state index in [2.05, 4.69) is 24.0 Å². The first-order valence-corrected chi connectivity index (χ1v) is 9.92. The van der Waals surface area contributed by atoms with E-state index in [0.29, 0.717) is 13.0 Å². The lowest BCUT2D eigenvalue weighted by Gasteiger charge is -2.06. The average molecular weight is 359 g/mol. The molecule has 0 spiro atoms. The van der Waals surface area contributed by atoms with Gasteiger partial charge in [0, 0.05) is 12.0 Å². The normalized spacial score (nSPS) is 10.8. The molecule has 0 aliphatic heterocycles. The van der Waals surface area contributed by atoms with Gasteiger partial charge in [-0.3, -0.25) is 4.79 Å². The first kappa shape index (κ1) is 21.9. The van der Waals surface area contributed by atoms with Crippen molar-refractivity contribution >= 4 is 12.1 Å². The standard InChI is InChI=1S/C22H34N2O2/c1-3-5-6-7-8-9-10-11-12-17-22(25)24-23-19-20-15-13-14-16-21(20)26-18-4-2/h4,13-16,19H,2-3,5-12,17-18H2,1H3,(H,24,25)/b23-19-. The Labute approximate surface area is 158 Å². The van der Waals surface area contributed by atoms with Gasteiger partial charge < -0.3 is 4.74 Å². The van der Waals surface area contributed by atoms with Gasteiger partial charge in [-0.25, -0.2) is 5.43 Å². The van der Waals surface area contributed by atoms with Crippen LogP contribution in [0.3, 0.4) is 0 Å². The van der Waals surface area contributed by atoms with E-state index in [1.165, 1.54) is 44.9 Å². The molecule has 26 heavy (non-hydrogen) atoms. The van der Waals surface area contributed by atoms with Gasteiger partial charge in [-0.15, -0.1) is 0 Å². The minimum Gasteiger partial charge on any atom is -0.489 e. The SMILES string of the molecule is C=CCOc1ccccc1/C=N\NC(=O)CCCCCCCCCCC. The predicted molar refractivity (Wildman–Crippen MR) is 110 cm³/mol. The van der Waals surface area contributed by atoms with Gasteiger partial charge in [0.2, 0.25) is 5.91 Å². The van der Waals surface area contributed by atoms with Crippen molar-refractivity contribution in [1.82, 2.24) is 5.43 Å². The second kappa shape index (κ2) is 15.2. The van der Waals surface area contributed by atoms with Gasteiger partial charge in [-0.05, 0) is 18.6 Å². The van der Waals surface area contributed by atoms with Crippen molar-refractivity contribution in [1.29, 1.82) is 0 Å². The van der Waals surface area contributed by atoms with Gasteiger partial charge in [-0.1, -0.05) is 83.1 Å². The maximum atomic E-state index is 11.8. The Morgan fingerprint density at radius 2 is 1.73 bits per heavy atom. The summed E-state index contributed by atoms with van der Waals surface area (Å²) in [5, 5.41) is 4.04. The van der Waals surface area contributed by atoms with Crippen LogP contribution in [-0.4, -0.2) is 18.7 Å². The zero-order valence-electron chi connectivity index (χ0n) is 16.2. The van der Waals surface area contributed by atoms with Gasteiger partial charge in [0.25, 0.3) is 0 Å². The quantitative estimate of drug-likeness (QED) is 0.191. The molecule has 4 nitrogen and oxygen atoms in total. The summed E-state index contributed by atoms with van der Waals surface area (Å²) in [5.74, 6) is 0.693. The number of rotatable bonds is 15. The average Bonchev–Trinajstić information content (AvgIpc) is 2.66. The highest BCUT2D eigenvalue weighted by atomic mass is 16.5. The largest absolute Gasteiger partial charge is 0.489 e. The minimum atomic E-state index is -0.0336. The molecule has 0 saturated heterocycles. The number of carbonyl (C=O) groups is 1. The second-order valence-electron chi connectivity index (χ2n) is 6.51. The second-order valence-corrected chi connectivity index (χ2v) is 6.51. The van der Waals surface area contributed by atoms with Crippen LogP contribution in [0.15, 0.2) is 42.0 Å². The first-order valence-electron chi connectivity index (χ1n) is 9.92. The van der Waals surface area contributed by atoms with Crippen LogP contribution in [0.2, 0.25) is 0 Å². The molecule has 1 aromatic rings. The Bertz CT molecular complexity index is 541. The number of hydrazone groups is 1. The van der Waals surface area contributed by atoms with Crippen LogP contribution in [0.4, 0.5) is 0 Å². The Balaban J connectivity index is 2.14. The smallest absolute Gasteiger partial charge is 0.240 e. The van der Waals surface area contributed by atoms with Crippen LogP contribution in [0, 0.1) is 0 Å². The predicted octanol–water partition coefficient (Wildman–Crippen LogP) is 5.62. The van der Waals surface area contributed by atoms with Gasteiger partial charge in [-0.2, -0.15) is 5.10 Å². The first-order chi connectivity index (χ1) is 12.8. The minimum absolute atomic E-state index is 0.0336. The topological polar surface area (TPSA) is 50.7 Å². The number of para-hydroxylation sites is 1. The number of nitrogens with one attached hydrogen (secondary N) is 1. The monoisotopic (exact) mass is 358 g/mol. The molecule has 0 aliphatic rings. The fraction of sp³-hybridized carbons (Fsp3) is 0.545. The number of hydrogen-bond donors (Lipinski definition) is 1. The van der Waals surface area contributed by atoms with Crippen molar-refractivity contribution in [2.45, 2.75) is 71.1 Å². The summed E-state index contributed by atoms with van der Waals surface area (Å²) in [5.41, 5.74) is 3.43.